The van der Waals surface area contributed by atoms with E-state index in [1.54, 1.807) is 0 Å². The molecule has 0 spiro atoms. The first-order chi connectivity index (χ1) is 17.4. The van der Waals surface area contributed by atoms with Gasteiger partial charge in [0.1, 0.15) is 11.5 Å². The number of methoxy groups -OCH3 is 1. The van der Waals surface area contributed by atoms with Gasteiger partial charge in [0.2, 0.25) is 0 Å². The summed E-state index contributed by atoms with van der Waals surface area (Å²) in [4.78, 5) is 24.5. The van der Waals surface area contributed by atoms with E-state index >= 15 is 0 Å². The predicted molar refractivity (Wildman–Crippen MR) is 142 cm³/mol. The largest absolute Gasteiger partial charge is 0.494 e. The highest BCUT2D eigenvalue weighted by Gasteiger charge is 2.17. The molecule has 3 aromatic carbocycles. The van der Waals surface area contributed by atoms with Crippen molar-refractivity contribution >= 4 is 11.8 Å². The van der Waals surface area contributed by atoms with Crippen LogP contribution in [0.15, 0.2) is 66.7 Å². The number of rotatable bonds is 13. The fourth-order valence-electron chi connectivity index (χ4n) is 4.04. The Balaban J connectivity index is 1.53. The van der Waals surface area contributed by atoms with E-state index in [9.17, 15) is 9.59 Å². The van der Waals surface area contributed by atoms with Crippen molar-refractivity contribution in [2.24, 2.45) is 0 Å². The zero-order chi connectivity index (χ0) is 25.9. The van der Waals surface area contributed by atoms with Crippen LogP contribution in [0.3, 0.4) is 0 Å². The van der Waals surface area contributed by atoms with Crippen molar-refractivity contribution in [2.45, 2.75) is 59.0 Å². The summed E-state index contributed by atoms with van der Waals surface area (Å²) in [7, 11) is 1.41. The average molecular weight is 489 g/mol. The van der Waals surface area contributed by atoms with Gasteiger partial charge in [0, 0.05) is 12.0 Å². The lowest BCUT2D eigenvalue weighted by Gasteiger charge is -2.18. The third kappa shape index (κ3) is 7.70. The third-order valence-electron chi connectivity index (χ3n) is 6.22. The minimum Gasteiger partial charge on any atom is -0.494 e. The molecule has 0 N–H and O–H groups in total. The Labute approximate surface area is 214 Å². The zero-order valence-electron chi connectivity index (χ0n) is 21.7. The highest BCUT2D eigenvalue weighted by atomic mass is 16.5. The van der Waals surface area contributed by atoms with Gasteiger partial charge < -0.3 is 14.2 Å². The maximum Gasteiger partial charge on any atom is 0.305 e. The van der Waals surface area contributed by atoms with E-state index in [4.69, 9.17) is 14.2 Å². The number of benzene rings is 3. The predicted octanol–water partition coefficient (Wildman–Crippen LogP) is 6.52. The number of carbonyl (C=O) groups excluding carboxylic acids is 2. The molecule has 3 aromatic rings. The second kappa shape index (κ2) is 13.5. The summed E-state index contributed by atoms with van der Waals surface area (Å²) in [5, 5.41) is 0. The van der Waals surface area contributed by atoms with E-state index in [1.807, 2.05) is 80.6 Å². The Kier molecular flexibility index (Phi) is 10.1. The number of ether oxygens (including phenoxy) is 3. The minimum atomic E-state index is -0.205. The molecular formula is C31H36O5. The second-order valence-electron chi connectivity index (χ2n) is 8.96. The van der Waals surface area contributed by atoms with Gasteiger partial charge in [0.05, 0.1) is 25.4 Å². The maximum absolute atomic E-state index is 13.2. The van der Waals surface area contributed by atoms with Crippen LogP contribution in [0.25, 0.3) is 0 Å². The molecule has 190 valence electrons. The van der Waals surface area contributed by atoms with Crippen LogP contribution in [0.5, 0.6) is 11.5 Å². The molecule has 3 rings (SSSR count). The summed E-state index contributed by atoms with van der Waals surface area (Å²) in [6.45, 7) is 6.68. The van der Waals surface area contributed by atoms with E-state index in [-0.39, 0.29) is 17.9 Å². The van der Waals surface area contributed by atoms with Gasteiger partial charge in [-0.25, -0.2) is 0 Å². The van der Waals surface area contributed by atoms with Crippen LogP contribution >= 0.6 is 0 Å². The first-order valence-electron chi connectivity index (χ1n) is 12.6. The van der Waals surface area contributed by atoms with E-state index < -0.39 is 0 Å². The van der Waals surface area contributed by atoms with Crippen molar-refractivity contribution in [2.75, 3.05) is 13.7 Å². The van der Waals surface area contributed by atoms with E-state index in [1.165, 1.54) is 7.11 Å². The van der Waals surface area contributed by atoms with Crippen LogP contribution < -0.4 is 9.47 Å². The number of hydrogen-bond acceptors (Lipinski definition) is 5. The molecule has 5 nitrogen and oxygen atoms in total. The van der Waals surface area contributed by atoms with Crippen molar-refractivity contribution in [1.82, 2.24) is 0 Å². The molecule has 0 aliphatic rings. The first kappa shape index (κ1) is 27.0. The van der Waals surface area contributed by atoms with Crippen molar-refractivity contribution < 1.29 is 23.8 Å². The fraction of sp³-hybridized carbons (Fsp3) is 0.355. The van der Waals surface area contributed by atoms with Gasteiger partial charge in [-0.15, -0.1) is 0 Å². The minimum absolute atomic E-state index is 0.0261. The molecule has 0 aliphatic heterocycles. The molecule has 0 saturated carbocycles. The van der Waals surface area contributed by atoms with E-state index in [2.05, 4.69) is 6.92 Å². The Morgan fingerprint density at radius 2 is 1.75 bits per heavy atom. The standard InChI is InChI=1S/C31H36O5/c1-5-24-13-17-29(28(21-24)31(33)26-11-7-6-8-12-26)36-23(3)10-9-19-35-27-16-14-25(22(2)20-27)15-18-30(32)34-4/h6-8,11-14,16-17,20-21,23H,5,9-10,15,18-19H2,1-4H3. The number of esters is 1. The SMILES string of the molecule is CCc1ccc(OC(C)CCCOc2ccc(CCC(=O)OC)c(C)c2)c(C(=O)c2ccccc2)c1. The third-order valence-corrected chi connectivity index (χ3v) is 6.22. The molecule has 1 unspecified atom stereocenters. The summed E-state index contributed by atoms with van der Waals surface area (Å²) in [6, 6.07) is 21.1. The quantitative estimate of drug-likeness (QED) is 0.156. The van der Waals surface area contributed by atoms with Crippen LogP contribution in [0.1, 0.15) is 65.7 Å². The first-order valence-corrected chi connectivity index (χ1v) is 12.6. The van der Waals surface area contributed by atoms with Crippen molar-refractivity contribution in [1.29, 1.82) is 0 Å². The van der Waals surface area contributed by atoms with Gasteiger partial charge in [-0.05, 0) is 80.5 Å². The molecule has 5 heteroatoms. The van der Waals surface area contributed by atoms with E-state index in [0.29, 0.717) is 36.3 Å². The average Bonchev–Trinajstić information content (AvgIpc) is 2.90. The number of aryl methyl sites for hydroxylation is 3. The molecule has 0 bridgehead atoms. The molecule has 0 amide bonds. The van der Waals surface area contributed by atoms with E-state index in [0.717, 1.165) is 41.7 Å². The van der Waals surface area contributed by atoms with Crippen LogP contribution in [-0.2, 0) is 22.4 Å². The molecule has 0 saturated heterocycles. The lowest BCUT2D eigenvalue weighted by Crippen LogP contribution is -2.16. The van der Waals surface area contributed by atoms with Crippen molar-refractivity contribution in [3.63, 3.8) is 0 Å². The van der Waals surface area contributed by atoms with Crippen molar-refractivity contribution in [3.05, 3.63) is 94.5 Å². The topological polar surface area (TPSA) is 61.8 Å². The highest BCUT2D eigenvalue weighted by Crippen LogP contribution is 2.26. The number of hydrogen-bond donors (Lipinski definition) is 0. The lowest BCUT2D eigenvalue weighted by atomic mass is 9.99. The second-order valence-corrected chi connectivity index (χ2v) is 8.96. The van der Waals surface area contributed by atoms with Crippen LogP contribution in [0, 0.1) is 6.92 Å². The number of ketones is 1. The Hall–Kier alpha value is -3.60. The molecule has 0 radical (unpaired) electrons. The van der Waals surface area contributed by atoms with Crippen LogP contribution in [0.4, 0.5) is 0 Å². The number of carbonyl (C=O) groups is 2. The summed E-state index contributed by atoms with van der Waals surface area (Å²) in [5.41, 5.74) is 4.58. The summed E-state index contributed by atoms with van der Waals surface area (Å²) in [5.74, 6) is 1.20. The van der Waals surface area contributed by atoms with Crippen LogP contribution in [0.2, 0.25) is 0 Å². The smallest absolute Gasteiger partial charge is 0.305 e. The van der Waals surface area contributed by atoms with Gasteiger partial charge in [-0.2, -0.15) is 0 Å². The molecule has 0 heterocycles. The molecular weight excluding hydrogens is 452 g/mol. The fourth-order valence-corrected chi connectivity index (χ4v) is 4.04. The molecule has 0 aromatic heterocycles. The van der Waals surface area contributed by atoms with Crippen LogP contribution in [-0.4, -0.2) is 31.6 Å². The Bertz CT molecular complexity index is 1150. The molecule has 0 fully saturated rings. The summed E-state index contributed by atoms with van der Waals surface area (Å²) < 4.78 is 16.9. The Morgan fingerprint density at radius 1 is 0.972 bits per heavy atom. The zero-order valence-corrected chi connectivity index (χ0v) is 21.7. The molecule has 0 aliphatic carbocycles. The molecule has 1 atom stereocenters. The monoisotopic (exact) mass is 488 g/mol. The van der Waals surface area contributed by atoms with Gasteiger partial charge >= 0.3 is 5.97 Å². The summed E-state index contributed by atoms with van der Waals surface area (Å²) in [6.07, 6.45) is 3.43. The normalized spacial score (nSPS) is 11.6. The van der Waals surface area contributed by atoms with Gasteiger partial charge in [-0.1, -0.05) is 49.4 Å². The highest BCUT2D eigenvalue weighted by molar-refractivity contribution is 6.10. The Morgan fingerprint density at radius 3 is 2.44 bits per heavy atom. The molecule has 36 heavy (non-hydrogen) atoms. The van der Waals surface area contributed by atoms with Gasteiger partial charge in [0.15, 0.2) is 5.78 Å². The van der Waals surface area contributed by atoms with Crippen molar-refractivity contribution in [3.8, 4) is 11.5 Å². The maximum atomic E-state index is 13.2. The van der Waals surface area contributed by atoms with Gasteiger partial charge in [-0.3, -0.25) is 9.59 Å². The van der Waals surface area contributed by atoms with Gasteiger partial charge in [0.25, 0.3) is 0 Å². The summed E-state index contributed by atoms with van der Waals surface area (Å²) >= 11 is 0. The lowest BCUT2D eigenvalue weighted by molar-refractivity contribution is -0.140.